The maximum absolute atomic E-state index is 13.8. The van der Waals surface area contributed by atoms with Crippen molar-refractivity contribution in [3.05, 3.63) is 87.5 Å². The van der Waals surface area contributed by atoms with Gasteiger partial charge in [-0.2, -0.15) is 5.26 Å². The molecule has 0 unspecified atom stereocenters. The lowest BCUT2D eigenvalue weighted by molar-refractivity contribution is -0.112. The van der Waals surface area contributed by atoms with E-state index in [2.05, 4.69) is 5.32 Å². The molecule has 6 nitrogen and oxygen atoms in total. The number of amides is 1. The molecular weight excluding hydrogens is 421 g/mol. The number of halogens is 2. The van der Waals surface area contributed by atoms with Crippen LogP contribution in [0.15, 0.2) is 54.1 Å². The first-order valence-electron chi connectivity index (χ1n) is 9.12. The van der Waals surface area contributed by atoms with Gasteiger partial charge in [-0.15, -0.1) is 0 Å². The molecule has 0 aliphatic rings. The SMILES string of the molecule is Cc1cc(/C=C(/C#N)C(=O)Nc2ccccc2F)c(C)n1-c1ccc(Cl)c(C(=O)O)c1. The summed E-state index contributed by atoms with van der Waals surface area (Å²) in [4.78, 5) is 23.9. The number of carbonyl (C=O) groups is 2. The predicted octanol–water partition coefficient (Wildman–Crippen LogP) is 5.13. The summed E-state index contributed by atoms with van der Waals surface area (Å²) in [5, 5.41) is 21.3. The maximum atomic E-state index is 13.8. The monoisotopic (exact) mass is 437 g/mol. The van der Waals surface area contributed by atoms with Crippen LogP contribution in [-0.4, -0.2) is 21.6 Å². The van der Waals surface area contributed by atoms with Crippen LogP contribution in [-0.2, 0) is 4.79 Å². The lowest BCUT2D eigenvalue weighted by atomic mass is 10.1. The second-order valence-corrected chi connectivity index (χ2v) is 7.14. The van der Waals surface area contributed by atoms with Crippen LogP contribution in [0.2, 0.25) is 5.02 Å². The summed E-state index contributed by atoms with van der Waals surface area (Å²) >= 11 is 5.96. The molecule has 156 valence electrons. The molecule has 2 aromatic carbocycles. The highest BCUT2D eigenvalue weighted by molar-refractivity contribution is 6.33. The molecule has 2 N–H and O–H groups in total. The first-order chi connectivity index (χ1) is 14.7. The van der Waals surface area contributed by atoms with E-state index in [9.17, 15) is 24.3 Å². The van der Waals surface area contributed by atoms with Crippen LogP contribution in [0.5, 0.6) is 0 Å². The Morgan fingerprint density at radius 2 is 1.90 bits per heavy atom. The summed E-state index contributed by atoms with van der Waals surface area (Å²) in [5.41, 5.74) is 2.34. The fraction of sp³-hybridized carbons (Fsp3) is 0.0870. The molecule has 8 heteroatoms. The molecule has 0 atom stereocenters. The van der Waals surface area contributed by atoms with Gasteiger partial charge in [-0.1, -0.05) is 23.7 Å². The molecule has 0 bridgehead atoms. The van der Waals surface area contributed by atoms with Crippen LogP contribution < -0.4 is 5.32 Å². The summed E-state index contributed by atoms with van der Waals surface area (Å²) in [7, 11) is 0. The van der Waals surface area contributed by atoms with Crippen molar-refractivity contribution in [3.8, 4) is 11.8 Å². The van der Waals surface area contributed by atoms with Crippen molar-refractivity contribution in [1.29, 1.82) is 5.26 Å². The third-order valence-corrected chi connectivity index (χ3v) is 5.03. The van der Waals surface area contributed by atoms with Crippen molar-refractivity contribution in [1.82, 2.24) is 4.57 Å². The van der Waals surface area contributed by atoms with E-state index in [1.165, 1.54) is 36.4 Å². The summed E-state index contributed by atoms with van der Waals surface area (Å²) < 4.78 is 15.6. The summed E-state index contributed by atoms with van der Waals surface area (Å²) in [5.74, 6) is -2.49. The quantitative estimate of drug-likeness (QED) is 0.427. The van der Waals surface area contributed by atoms with Gasteiger partial charge in [-0.25, -0.2) is 9.18 Å². The lowest BCUT2D eigenvalue weighted by Crippen LogP contribution is -2.14. The van der Waals surface area contributed by atoms with Crippen LogP contribution in [0.4, 0.5) is 10.1 Å². The average Bonchev–Trinajstić information content (AvgIpc) is 3.01. The van der Waals surface area contributed by atoms with Gasteiger partial charge in [0.05, 0.1) is 16.3 Å². The van der Waals surface area contributed by atoms with Gasteiger partial charge in [0.1, 0.15) is 17.5 Å². The first kappa shape index (κ1) is 21.8. The van der Waals surface area contributed by atoms with E-state index in [4.69, 9.17) is 11.6 Å². The highest BCUT2D eigenvalue weighted by Crippen LogP contribution is 2.26. The van der Waals surface area contributed by atoms with Crippen LogP contribution in [0, 0.1) is 31.0 Å². The van der Waals surface area contributed by atoms with Crippen molar-refractivity contribution in [2.24, 2.45) is 0 Å². The Hall–Kier alpha value is -3.89. The third kappa shape index (κ3) is 4.49. The van der Waals surface area contributed by atoms with E-state index in [-0.39, 0.29) is 21.8 Å². The molecule has 1 amide bonds. The van der Waals surface area contributed by atoms with Crippen molar-refractivity contribution < 1.29 is 19.1 Å². The van der Waals surface area contributed by atoms with Crippen molar-refractivity contribution in [3.63, 3.8) is 0 Å². The minimum absolute atomic E-state index is 0.0264. The molecule has 0 spiro atoms. The largest absolute Gasteiger partial charge is 0.478 e. The molecule has 0 saturated carbocycles. The maximum Gasteiger partial charge on any atom is 0.337 e. The van der Waals surface area contributed by atoms with E-state index < -0.39 is 17.7 Å². The normalized spacial score (nSPS) is 11.1. The third-order valence-electron chi connectivity index (χ3n) is 4.70. The summed E-state index contributed by atoms with van der Waals surface area (Å²) in [6.45, 7) is 3.59. The Bertz CT molecular complexity index is 1270. The molecule has 3 aromatic rings. The zero-order chi connectivity index (χ0) is 22.7. The van der Waals surface area contributed by atoms with Gasteiger partial charge in [0, 0.05) is 17.1 Å². The van der Waals surface area contributed by atoms with Crippen molar-refractivity contribution in [2.45, 2.75) is 13.8 Å². The van der Waals surface area contributed by atoms with Gasteiger partial charge in [0.15, 0.2) is 0 Å². The van der Waals surface area contributed by atoms with Crippen molar-refractivity contribution in [2.75, 3.05) is 5.32 Å². The van der Waals surface area contributed by atoms with E-state index >= 15 is 0 Å². The topological polar surface area (TPSA) is 95.1 Å². The molecule has 1 aromatic heterocycles. The Labute approximate surface area is 182 Å². The minimum Gasteiger partial charge on any atom is -0.478 e. The number of aromatic carboxylic acids is 1. The Kier molecular flexibility index (Phi) is 6.23. The fourth-order valence-electron chi connectivity index (χ4n) is 3.20. The van der Waals surface area contributed by atoms with Gasteiger partial charge < -0.3 is 15.0 Å². The second-order valence-electron chi connectivity index (χ2n) is 6.73. The van der Waals surface area contributed by atoms with Crippen LogP contribution >= 0.6 is 11.6 Å². The molecule has 0 radical (unpaired) electrons. The highest BCUT2D eigenvalue weighted by atomic mass is 35.5. The number of aromatic nitrogens is 1. The molecule has 1 heterocycles. The number of aryl methyl sites for hydroxylation is 1. The van der Waals surface area contributed by atoms with E-state index in [1.807, 2.05) is 13.0 Å². The number of nitriles is 1. The first-order valence-corrected chi connectivity index (χ1v) is 9.50. The lowest BCUT2D eigenvalue weighted by Gasteiger charge is -2.11. The molecule has 31 heavy (non-hydrogen) atoms. The fourth-order valence-corrected chi connectivity index (χ4v) is 3.40. The van der Waals surface area contributed by atoms with Crippen LogP contribution in [0.1, 0.15) is 27.3 Å². The van der Waals surface area contributed by atoms with Gasteiger partial charge >= 0.3 is 5.97 Å². The molecule has 0 saturated heterocycles. The van der Waals surface area contributed by atoms with E-state index in [1.54, 1.807) is 29.7 Å². The van der Waals surface area contributed by atoms with Gasteiger partial charge in [0.25, 0.3) is 5.91 Å². The predicted molar refractivity (Wildman–Crippen MR) is 116 cm³/mol. The molecule has 0 fully saturated rings. The second kappa shape index (κ2) is 8.86. The van der Waals surface area contributed by atoms with Crippen LogP contribution in [0.25, 0.3) is 11.8 Å². The smallest absolute Gasteiger partial charge is 0.337 e. The Balaban J connectivity index is 1.99. The van der Waals surface area contributed by atoms with Gasteiger partial charge in [-0.05, 0) is 61.9 Å². The van der Waals surface area contributed by atoms with Crippen LogP contribution in [0.3, 0.4) is 0 Å². The van der Waals surface area contributed by atoms with Gasteiger partial charge in [0.2, 0.25) is 0 Å². The number of benzene rings is 2. The number of anilines is 1. The van der Waals surface area contributed by atoms with E-state index in [0.29, 0.717) is 16.9 Å². The number of carboxylic acids is 1. The number of hydrogen-bond donors (Lipinski definition) is 2. The Morgan fingerprint density at radius 3 is 2.55 bits per heavy atom. The zero-order valence-corrected chi connectivity index (χ0v) is 17.4. The minimum atomic E-state index is -1.15. The van der Waals surface area contributed by atoms with E-state index in [0.717, 1.165) is 5.69 Å². The summed E-state index contributed by atoms with van der Waals surface area (Å²) in [6, 6.07) is 13.9. The van der Waals surface area contributed by atoms with Crippen molar-refractivity contribution >= 4 is 35.2 Å². The zero-order valence-electron chi connectivity index (χ0n) is 16.6. The molecule has 3 rings (SSSR count). The highest BCUT2D eigenvalue weighted by Gasteiger charge is 2.17. The molecular formula is C23H17ClFN3O3. The number of hydrogen-bond acceptors (Lipinski definition) is 3. The number of carboxylic acid groups (broad SMARTS) is 1. The number of rotatable bonds is 5. The summed E-state index contributed by atoms with van der Waals surface area (Å²) in [6.07, 6.45) is 1.41. The number of nitrogens with one attached hydrogen (secondary N) is 1. The molecule has 0 aliphatic carbocycles. The number of nitrogens with zero attached hydrogens (tertiary/aromatic N) is 2. The average molecular weight is 438 g/mol. The standard InChI is InChI=1S/C23H17ClFN3O3/c1-13-9-15(10-16(12-26)22(29)27-21-6-4-3-5-20(21)25)14(2)28(13)17-7-8-19(24)18(11-17)23(30)31/h3-11H,1-2H3,(H,27,29)(H,30,31)/b16-10-. The number of carbonyl (C=O) groups excluding carboxylic acids is 1. The number of para-hydroxylation sites is 1. The molecule has 0 aliphatic heterocycles. The Morgan fingerprint density at radius 1 is 1.19 bits per heavy atom. The van der Waals surface area contributed by atoms with Gasteiger partial charge in [-0.3, -0.25) is 4.79 Å².